The van der Waals surface area contributed by atoms with Crippen molar-refractivity contribution >= 4 is 11.9 Å². The molecule has 1 heterocycles. The third-order valence-corrected chi connectivity index (χ3v) is 3.34. The largest absolute Gasteiger partial charge is 0.492 e. The van der Waals surface area contributed by atoms with Crippen LogP contribution >= 0.6 is 0 Å². The summed E-state index contributed by atoms with van der Waals surface area (Å²) in [6.45, 7) is 2.11. The molecule has 19 heavy (non-hydrogen) atoms. The fraction of sp³-hybridized carbons (Fsp3) is 0.429. The highest BCUT2D eigenvalue weighted by Gasteiger charge is 2.32. The number of ether oxygens (including phenoxy) is 1. The molecular formula is C14H17NO4. The van der Waals surface area contributed by atoms with Crippen LogP contribution in [0.15, 0.2) is 24.3 Å². The van der Waals surface area contributed by atoms with Crippen LogP contribution in [0.2, 0.25) is 0 Å². The van der Waals surface area contributed by atoms with Gasteiger partial charge in [0.1, 0.15) is 18.3 Å². The quantitative estimate of drug-likeness (QED) is 0.890. The SMILES string of the molecule is C[C@H](CN(C)C(=O)[C@H]1COc2ccccc21)C(=O)O. The predicted octanol–water partition coefficient (Wildman–Crippen LogP) is 1.34. The summed E-state index contributed by atoms with van der Waals surface area (Å²) >= 11 is 0. The Hall–Kier alpha value is -2.04. The number of hydrogen-bond donors (Lipinski definition) is 1. The van der Waals surface area contributed by atoms with Crippen molar-refractivity contribution in [3.8, 4) is 5.75 Å². The van der Waals surface area contributed by atoms with E-state index in [4.69, 9.17) is 9.84 Å². The number of nitrogens with zero attached hydrogens (tertiary/aromatic N) is 1. The van der Waals surface area contributed by atoms with E-state index in [9.17, 15) is 9.59 Å². The lowest BCUT2D eigenvalue weighted by atomic mass is 9.99. The van der Waals surface area contributed by atoms with Crippen LogP contribution in [0.5, 0.6) is 5.75 Å². The molecule has 0 saturated heterocycles. The van der Waals surface area contributed by atoms with Crippen LogP contribution in [0.25, 0.3) is 0 Å². The number of benzene rings is 1. The lowest BCUT2D eigenvalue weighted by Crippen LogP contribution is -2.37. The van der Waals surface area contributed by atoms with Crippen molar-refractivity contribution in [2.75, 3.05) is 20.2 Å². The number of likely N-dealkylation sites (N-methyl/N-ethyl adjacent to an activating group) is 1. The summed E-state index contributed by atoms with van der Waals surface area (Å²) in [5.41, 5.74) is 0.877. The van der Waals surface area contributed by atoms with Crippen molar-refractivity contribution in [2.45, 2.75) is 12.8 Å². The molecule has 0 unspecified atom stereocenters. The van der Waals surface area contributed by atoms with Gasteiger partial charge < -0.3 is 14.7 Å². The van der Waals surface area contributed by atoms with Crippen molar-refractivity contribution in [1.82, 2.24) is 4.90 Å². The van der Waals surface area contributed by atoms with Crippen LogP contribution in [0.3, 0.4) is 0 Å². The number of carboxylic acids is 1. The third kappa shape index (κ3) is 2.70. The van der Waals surface area contributed by atoms with E-state index < -0.39 is 11.9 Å². The van der Waals surface area contributed by atoms with E-state index in [1.165, 1.54) is 4.90 Å². The fourth-order valence-electron chi connectivity index (χ4n) is 2.21. The number of rotatable bonds is 4. The Kier molecular flexibility index (Phi) is 3.74. The van der Waals surface area contributed by atoms with E-state index >= 15 is 0 Å². The molecule has 5 nitrogen and oxygen atoms in total. The number of carbonyl (C=O) groups is 2. The Morgan fingerprint density at radius 2 is 2.16 bits per heavy atom. The maximum atomic E-state index is 12.3. The number of carboxylic acid groups (broad SMARTS) is 1. The summed E-state index contributed by atoms with van der Waals surface area (Å²) in [6.07, 6.45) is 0. The second-order valence-corrected chi connectivity index (χ2v) is 4.86. The Labute approximate surface area is 111 Å². The highest BCUT2D eigenvalue weighted by atomic mass is 16.5. The van der Waals surface area contributed by atoms with E-state index in [-0.39, 0.29) is 18.4 Å². The fourth-order valence-corrected chi connectivity index (χ4v) is 2.21. The summed E-state index contributed by atoms with van der Waals surface area (Å²) in [7, 11) is 1.63. The van der Waals surface area contributed by atoms with E-state index in [2.05, 4.69) is 0 Å². The third-order valence-electron chi connectivity index (χ3n) is 3.34. The molecule has 0 saturated carbocycles. The number of para-hydroxylation sites is 1. The maximum absolute atomic E-state index is 12.3. The summed E-state index contributed by atoms with van der Waals surface area (Å²) in [6, 6.07) is 7.44. The Bertz CT molecular complexity index is 500. The minimum absolute atomic E-state index is 0.0990. The summed E-state index contributed by atoms with van der Waals surface area (Å²) in [5.74, 6) is -1.17. The van der Waals surface area contributed by atoms with Crippen LogP contribution in [-0.2, 0) is 9.59 Å². The minimum Gasteiger partial charge on any atom is -0.492 e. The second-order valence-electron chi connectivity index (χ2n) is 4.86. The highest BCUT2D eigenvalue weighted by Crippen LogP contribution is 2.34. The molecule has 1 aliphatic rings. The molecule has 0 aliphatic carbocycles. The number of carbonyl (C=O) groups excluding carboxylic acids is 1. The minimum atomic E-state index is -0.900. The molecule has 102 valence electrons. The van der Waals surface area contributed by atoms with Gasteiger partial charge in [-0.2, -0.15) is 0 Å². The Balaban J connectivity index is 2.07. The van der Waals surface area contributed by atoms with Gasteiger partial charge in [-0.1, -0.05) is 25.1 Å². The van der Waals surface area contributed by atoms with Gasteiger partial charge in [-0.3, -0.25) is 9.59 Å². The molecule has 2 atom stereocenters. The number of amides is 1. The van der Waals surface area contributed by atoms with Gasteiger partial charge in [0, 0.05) is 19.2 Å². The lowest BCUT2D eigenvalue weighted by Gasteiger charge is -2.22. The first-order chi connectivity index (χ1) is 9.00. The molecule has 1 N–H and O–H groups in total. The van der Waals surface area contributed by atoms with Crippen molar-refractivity contribution in [3.63, 3.8) is 0 Å². The van der Waals surface area contributed by atoms with E-state index in [0.29, 0.717) is 6.61 Å². The molecule has 1 aliphatic heterocycles. The van der Waals surface area contributed by atoms with Gasteiger partial charge in [-0.15, -0.1) is 0 Å². The van der Waals surface area contributed by atoms with Crippen molar-refractivity contribution in [2.24, 2.45) is 5.92 Å². The van der Waals surface area contributed by atoms with Gasteiger partial charge in [0.15, 0.2) is 0 Å². The summed E-state index contributed by atoms with van der Waals surface area (Å²) in [4.78, 5) is 24.6. The molecular weight excluding hydrogens is 246 g/mol. The van der Waals surface area contributed by atoms with E-state index in [0.717, 1.165) is 11.3 Å². The van der Waals surface area contributed by atoms with Crippen molar-refractivity contribution in [1.29, 1.82) is 0 Å². The van der Waals surface area contributed by atoms with Crippen LogP contribution in [0, 0.1) is 5.92 Å². The topological polar surface area (TPSA) is 66.8 Å². The normalized spacial score (nSPS) is 18.3. The molecule has 0 aromatic heterocycles. The van der Waals surface area contributed by atoms with Crippen LogP contribution in [-0.4, -0.2) is 42.1 Å². The van der Waals surface area contributed by atoms with Gasteiger partial charge in [0.25, 0.3) is 0 Å². The smallest absolute Gasteiger partial charge is 0.308 e. The molecule has 2 rings (SSSR count). The lowest BCUT2D eigenvalue weighted by molar-refractivity contribution is -0.142. The van der Waals surface area contributed by atoms with Gasteiger partial charge in [-0.05, 0) is 6.07 Å². The summed E-state index contributed by atoms with van der Waals surface area (Å²) < 4.78 is 5.47. The van der Waals surface area contributed by atoms with Gasteiger partial charge >= 0.3 is 5.97 Å². The molecule has 0 spiro atoms. The number of aliphatic carboxylic acids is 1. The van der Waals surface area contributed by atoms with E-state index in [1.807, 2.05) is 24.3 Å². The molecule has 1 amide bonds. The monoisotopic (exact) mass is 263 g/mol. The summed E-state index contributed by atoms with van der Waals surface area (Å²) in [5, 5.41) is 8.87. The highest BCUT2D eigenvalue weighted by molar-refractivity contribution is 5.85. The van der Waals surface area contributed by atoms with E-state index in [1.54, 1.807) is 14.0 Å². The van der Waals surface area contributed by atoms with Crippen molar-refractivity contribution in [3.05, 3.63) is 29.8 Å². The average Bonchev–Trinajstić information content (AvgIpc) is 2.81. The Morgan fingerprint density at radius 3 is 2.84 bits per heavy atom. The molecule has 1 aromatic carbocycles. The zero-order valence-corrected chi connectivity index (χ0v) is 11.0. The average molecular weight is 263 g/mol. The molecule has 0 bridgehead atoms. The predicted molar refractivity (Wildman–Crippen MR) is 69.1 cm³/mol. The molecule has 0 radical (unpaired) electrons. The van der Waals surface area contributed by atoms with Gasteiger partial charge in [-0.25, -0.2) is 0 Å². The van der Waals surface area contributed by atoms with Gasteiger partial charge in [0.2, 0.25) is 5.91 Å². The Morgan fingerprint density at radius 1 is 1.47 bits per heavy atom. The second kappa shape index (κ2) is 5.30. The number of fused-ring (bicyclic) bond motifs is 1. The van der Waals surface area contributed by atoms with Crippen molar-refractivity contribution < 1.29 is 19.4 Å². The van der Waals surface area contributed by atoms with Crippen LogP contribution in [0.4, 0.5) is 0 Å². The zero-order valence-electron chi connectivity index (χ0n) is 11.0. The first-order valence-electron chi connectivity index (χ1n) is 6.20. The van der Waals surface area contributed by atoms with Crippen LogP contribution < -0.4 is 4.74 Å². The first kappa shape index (κ1) is 13.4. The standard InChI is InChI=1S/C14H17NO4/c1-9(14(17)18)7-15(2)13(16)11-8-19-12-6-4-3-5-10(11)12/h3-6,9,11H,7-8H2,1-2H3,(H,17,18)/t9-,11+/m1/s1. The van der Waals surface area contributed by atoms with Gasteiger partial charge in [0.05, 0.1) is 5.92 Å². The molecule has 0 fully saturated rings. The zero-order chi connectivity index (χ0) is 14.0. The van der Waals surface area contributed by atoms with Crippen LogP contribution in [0.1, 0.15) is 18.4 Å². The first-order valence-corrected chi connectivity index (χ1v) is 6.20. The maximum Gasteiger partial charge on any atom is 0.308 e. The molecule has 5 heteroatoms. The number of hydrogen-bond acceptors (Lipinski definition) is 3. The molecule has 1 aromatic rings.